The minimum atomic E-state index is -4.00. The van der Waals surface area contributed by atoms with Gasteiger partial charge in [-0.1, -0.05) is 13.8 Å². The standard InChI is InChI=1S/C18H29FN3O8P/c1-6-28-31(26,21-15(10(2)3)17(24)27-5)29-9-13-12(19)7-14(30-13)22-8-11(4)16(23)20-18(22)25/h8,10,12-15H,6-7,9H2,1-5H3,(H,21,26)(H,20,23,25)/t12-,13+,14+,15-,31?/m0/s1. The number of aryl methyl sites for hydroxylation is 1. The van der Waals surface area contributed by atoms with Crippen LogP contribution in [0.2, 0.25) is 0 Å². The molecule has 31 heavy (non-hydrogen) atoms. The molecule has 1 aromatic heterocycles. The van der Waals surface area contributed by atoms with E-state index in [1.807, 2.05) is 0 Å². The summed E-state index contributed by atoms with van der Waals surface area (Å²) < 4.78 is 49.6. The second-order valence-electron chi connectivity index (χ2n) is 7.44. The fourth-order valence-electron chi connectivity index (χ4n) is 3.03. The van der Waals surface area contributed by atoms with Crippen LogP contribution in [0.15, 0.2) is 15.8 Å². The van der Waals surface area contributed by atoms with Crippen molar-refractivity contribution in [1.29, 1.82) is 0 Å². The van der Waals surface area contributed by atoms with Gasteiger partial charge in [-0.15, -0.1) is 0 Å². The van der Waals surface area contributed by atoms with Crippen molar-refractivity contribution in [2.45, 2.75) is 58.7 Å². The van der Waals surface area contributed by atoms with E-state index in [1.54, 1.807) is 20.8 Å². The van der Waals surface area contributed by atoms with Gasteiger partial charge in [0.1, 0.15) is 24.5 Å². The normalized spacial score (nSPS) is 24.2. The van der Waals surface area contributed by atoms with Crippen LogP contribution >= 0.6 is 7.75 Å². The van der Waals surface area contributed by atoms with Crippen LogP contribution in [0, 0.1) is 12.8 Å². The summed E-state index contributed by atoms with van der Waals surface area (Å²) in [5.74, 6) is -0.937. The largest absolute Gasteiger partial charge is 0.468 e. The van der Waals surface area contributed by atoms with Gasteiger partial charge >= 0.3 is 19.4 Å². The number of halogens is 1. The Morgan fingerprint density at radius 1 is 1.42 bits per heavy atom. The van der Waals surface area contributed by atoms with E-state index in [1.165, 1.54) is 20.2 Å². The molecule has 1 saturated heterocycles. The third kappa shape index (κ3) is 6.33. The summed E-state index contributed by atoms with van der Waals surface area (Å²) in [5, 5.41) is 2.55. The molecule has 0 saturated carbocycles. The minimum absolute atomic E-state index is 0.00944. The van der Waals surface area contributed by atoms with Crippen LogP contribution in [0.1, 0.15) is 39.0 Å². The van der Waals surface area contributed by atoms with Crippen molar-refractivity contribution >= 4 is 13.7 Å². The fraction of sp³-hybridized carbons (Fsp3) is 0.722. The van der Waals surface area contributed by atoms with Crippen LogP contribution < -0.4 is 16.3 Å². The van der Waals surface area contributed by atoms with Crippen molar-refractivity contribution in [3.05, 3.63) is 32.6 Å². The second kappa shape index (κ2) is 10.6. The highest BCUT2D eigenvalue weighted by Gasteiger charge is 2.40. The molecule has 1 unspecified atom stereocenters. The first kappa shape index (κ1) is 25.4. The molecule has 1 fully saturated rings. The number of methoxy groups -OCH3 is 1. The van der Waals surface area contributed by atoms with Gasteiger partial charge in [0, 0.05) is 18.2 Å². The van der Waals surface area contributed by atoms with E-state index in [0.717, 1.165) is 4.57 Å². The number of nitrogens with one attached hydrogen (secondary N) is 2. The first-order chi connectivity index (χ1) is 14.5. The SMILES string of the molecule is CCOP(=O)(N[C@H](C(=O)OC)C(C)C)OC[C@H]1O[C@@H](n2cc(C)c(=O)[nH]c2=O)C[C@@H]1F. The predicted octanol–water partition coefficient (Wildman–Crippen LogP) is 1.42. The maximum atomic E-state index is 14.6. The zero-order chi connectivity index (χ0) is 23.3. The van der Waals surface area contributed by atoms with Crippen LogP contribution in [0.4, 0.5) is 4.39 Å². The van der Waals surface area contributed by atoms with Gasteiger partial charge in [-0.2, -0.15) is 0 Å². The molecule has 1 aliphatic rings. The Labute approximate surface area is 178 Å². The highest BCUT2D eigenvalue weighted by atomic mass is 31.2. The van der Waals surface area contributed by atoms with Crippen LogP contribution in [-0.4, -0.2) is 54.2 Å². The first-order valence-corrected chi connectivity index (χ1v) is 11.4. The lowest BCUT2D eigenvalue weighted by molar-refractivity contribution is -0.143. The summed E-state index contributed by atoms with van der Waals surface area (Å²) in [4.78, 5) is 37.7. The van der Waals surface area contributed by atoms with Gasteiger partial charge < -0.3 is 9.47 Å². The number of H-pyrrole nitrogens is 1. The molecular weight excluding hydrogens is 436 g/mol. The van der Waals surface area contributed by atoms with Gasteiger partial charge in [-0.3, -0.25) is 28.2 Å². The van der Waals surface area contributed by atoms with Crippen molar-refractivity contribution in [2.75, 3.05) is 20.3 Å². The number of ether oxygens (including phenoxy) is 2. The number of alkyl halides is 1. The molecule has 0 amide bonds. The Bertz CT molecular complexity index is 933. The molecule has 1 aromatic rings. The number of hydrogen-bond acceptors (Lipinski definition) is 8. The summed E-state index contributed by atoms with van der Waals surface area (Å²) in [6.45, 7) is 6.09. The summed E-state index contributed by atoms with van der Waals surface area (Å²) in [6, 6.07) is -0.969. The van der Waals surface area contributed by atoms with Gasteiger partial charge in [-0.25, -0.2) is 18.8 Å². The second-order valence-corrected chi connectivity index (χ2v) is 9.21. The number of aromatic nitrogens is 2. The Kier molecular flexibility index (Phi) is 8.73. The molecule has 2 N–H and O–H groups in total. The van der Waals surface area contributed by atoms with E-state index in [9.17, 15) is 23.3 Å². The highest BCUT2D eigenvalue weighted by molar-refractivity contribution is 7.51. The summed E-state index contributed by atoms with van der Waals surface area (Å²) in [7, 11) is -2.80. The number of carbonyl (C=O) groups is 1. The Morgan fingerprint density at radius 2 is 2.10 bits per heavy atom. The maximum absolute atomic E-state index is 14.6. The number of aromatic amines is 1. The van der Waals surface area contributed by atoms with Gasteiger partial charge in [0.2, 0.25) is 0 Å². The molecule has 2 rings (SSSR count). The van der Waals surface area contributed by atoms with Crippen molar-refractivity contribution < 1.29 is 32.3 Å². The van der Waals surface area contributed by atoms with Crippen molar-refractivity contribution in [3.63, 3.8) is 0 Å². The third-order valence-corrected chi connectivity index (χ3v) is 6.43. The molecule has 0 aliphatic carbocycles. The molecule has 176 valence electrons. The minimum Gasteiger partial charge on any atom is -0.468 e. The molecule has 0 radical (unpaired) electrons. The van der Waals surface area contributed by atoms with Crippen LogP contribution in [0.3, 0.4) is 0 Å². The van der Waals surface area contributed by atoms with E-state index in [-0.39, 0.29) is 24.5 Å². The summed E-state index contributed by atoms with van der Waals surface area (Å²) >= 11 is 0. The molecule has 0 bridgehead atoms. The predicted molar refractivity (Wildman–Crippen MR) is 108 cm³/mol. The average Bonchev–Trinajstić information content (AvgIpc) is 3.07. The van der Waals surface area contributed by atoms with E-state index in [2.05, 4.69) is 10.1 Å². The zero-order valence-electron chi connectivity index (χ0n) is 18.1. The van der Waals surface area contributed by atoms with Gasteiger partial charge in [-0.05, 0) is 19.8 Å². The lowest BCUT2D eigenvalue weighted by atomic mass is 10.1. The molecular formula is C18H29FN3O8P. The van der Waals surface area contributed by atoms with Gasteiger partial charge in [0.05, 0.1) is 20.3 Å². The highest BCUT2D eigenvalue weighted by Crippen LogP contribution is 2.46. The monoisotopic (exact) mass is 465 g/mol. The van der Waals surface area contributed by atoms with Crippen LogP contribution in [0.5, 0.6) is 0 Å². The summed E-state index contributed by atoms with van der Waals surface area (Å²) in [6.07, 6.45) is -2.51. The zero-order valence-corrected chi connectivity index (χ0v) is 19.0. The molecule has 13 heteroatoms. The molecule has 0 aromatic carbocycles. The van der Waals surface area contributed by atoms with Gasteiger partial charge in [0.25, 0.3) is 5.56 Å². The van der Waals surface area contributed by atoms with E-state index in [0.29, 0.717) is 0 Å². The molecule has 2 heterocycles. The first-order valence-electron chi connectivity index (χ1n) is 9.87. The van der Waals surface area contributed by atoms with E-state index < -0.39 is 56.1 Å². The van der Waals surface area contributed by atoms with Crippen LogP contribution in [0.25, 0.3) is 0 Å². The fourth-order valence-corrected chi connectivity index (χ4v) is 4.69. The number of nitrogens with zero attached hydrogens (tertiary/aromatic N) is 1. The van der Waals surface area contributed by atoms with Crippen molar-refractivity contribution in [2.24, 2.45) is 5.92 Å². The Morgan fingerprint density at radius 3 is 2.68 bits per heavy atom. The number of esters is 1. The van der Waals surface area contributed by atoms with Crippen molar-refractivity contribution in [3.8, 4) is 0 Å². The van der Waals surface area contributed by atoms with Crippen molar-refractivity contribution in [1.82, 2.24) is 14.6 Å². The number of rotatable bonds is 10. The van der Waals surface area contributed by atoms with E-state index >= 15 is 0 Å². The number of hydrogen-bond donors (Lipinski definition) is 2. The molecule has 1 aliphatic heterocycles. The Hall–Kier alpha value is -1.85. The molecule has 0 spiro atoms. The van der Waals surface area contributed by atoms with Crippen LogP contribution in [-0.2, 0) is 27.9 Å². The maximum Gasteiger partial charge on any atom is 0.406 e. The van der Waals surface area contributed by atoms with Gasteiger partial charge in [0.15, 0.2) is 0 Å². The topological polar surface area (TPSA) is 138 Å². The lowest BCUT2D eigenvalue weighted by Crippen LogP contribution is -2.41. The lowest BCUT2D eigenvalue weighted by Gasteiger charge is -2.26. The quantitative estimate of drug-likeness (QED) is 0.388. The molecule has 11 nitrogen and oxygen atoms in total. The summed E-state index contributed by atoms with van der Waals surface area (Å²) in [5.41, 5.74) is -0.996. The molecule has 5 atom stereocenters. The smallest absolute Gasteiger partial charge is 0.406 e. The average molecular weight is 465 g/mol. The van der Waals surface area contributed by atoms with E-state index in [4.69, 9.17) is 18.5 Å². The Balaban J connectivity index is 2.11. The number of carbonyl (C=O) groups excluding carboxylic acids is 1. The third-order valence-electron chi connectivity index (χ3n) is 4.75.